The van der Waals surface area contributed by atoms with E-state index in [1.807, 2.05) is 24.3 Å². The van der Waals surface area contributed by atoms with E-state index in [2.05, 4.69) is 12.1 Å². The van der Waals surface area contributed by atoms with Crippen LogP contribution in [0.25, 0.3) is 0 Å². The molecule has 0 bridgehead atoms. The molecule has 0 heterocycles. The Hall–Kier alpha value is -1.35. The van der Waals surface area contributed by atoms with Gasteiger partial charge in [0.05, 0.1) is 6.61 Å². The van der Waals surface area contributed by atoms with E-state index in [1.165, 1.54) is 38.5 Å². The molecular weight excluding hydrogens is 250 g/mol. The molecule has 0 aromatic heterocycles. The van der Waals surface area contributed by atoms with Crippen LogP contribution in [0.1, 0.15) is 63.0 Å². The van der Waals surface area contributed by atoms with Gasteiger partial charge in [-0.3, -0.25) is 0 Å². The summed E-state index contributed by atoms with van der Waals surface area (Å²) in [5.41, 5.74) is 2.37. The molecule has 0 spiro atoms. The van der Waals surface area contributed by atoms with Crippen LogP contribution < -0.4 is 0 Å². The van der Waals surface area contributed by atoms with Crippen molar-refractivity contribution in [1.82, 2.24) is 0 Å². The van der Waals surface area contributed by atoms with Crippen LogP contribution in [0.3, 0.4) is 0 Å². The van der Waals surface area contributed by atoms with Crippen LogP contribution in [0.15, 0.2) is 29.4 Å². The third kappa shape index (κ3) is 5.74. The number of unbranched alkanes of at least 4 members (excludes halogenated alkanes) is 6. The largest absolute Gasteiger partial charge is 0.411 e. The molecule has 1 rings (SSSR count). The molecule has 2 N–H and O–H groups in total. The Morgan fingerprint density at radius 3 is 2.30 bits per heavy atom. The van der Waals surface area contributed by atoms with Crippen molar-refractivity contribution in [3.63, 3.8) is 0 Å². The van der Waals surface area contributed by atoms with Crippen LogP contribution in [0.5, 0.6) is 0 Å². The molecule has 0 aliphatic rings. The number of aliphatic hydroxyl groups excluding tert-OH is 1. The Balaban J connectivity index is 2.40. The third-order valence-electron chi connectivity index (χ3n) is 3.65. The van der Waals surface area contributed by atoms with E-state index in [0.717, 1.165) is 24.0 Å². The molecule has 0 aliphatic heterocycles. The molecule has 0 radical (unpaired) electrons. The van der Waals surface area contributed by atoms with Crippen LogP contribution in [-0.2, 0) is 6.42 Å². The monoisotopic (exact) mass is 277 g/mol. The van der Waals surface area contributed by atoms with Gasteiger partial charge in [0.15, 0.2) is 0 Å². The first kappa shape index (κ1) is 16.7. The zero-order valence-corrected chi connectivity index (χ0v) is 12.5. The Morgan fingerprint density at radius 2 is 1.65 bits per heavy atom. The average molecular weight is 277 g/mol. The molecule has 3 heteroatoms. The van der Waals surface area contributed by atoms with Crippen molar-refractivity contribution in [2.45, 2.75) is 58.3 Å². The minimum absolute atomic E-state index is 0.232. The minimum Gasteiger partial charge on any atom is -0.411 e. The van der Waals surface area contributed by atoms with E-state index in [9.17, 15) is 5.11 Å². The summed E-state index contributed by atoms with van der Waals surface area (Å²) in [7, 11) is 0. The Bertz CT molecular complexity index is 402. The molecule has 0 atom stereocenters. The summed E-state index contributed by atoms with van der Waals surface area (Å²) in [4.78, 5) is 0. The zero-order valence-electron chi connectivity index (χ0n) is 12.5. The Morgan fingerprint density at radius 1 is 1.00 bits per heavy atom. The van der Waals surface area contributed by atoms with E-state index in [0.29, 0.717) is 5.71 Å². The zero-order chi connectivity index (χ0) is 14.6. The van der Waals surface area contributed by atoms with Crippen LogP contribution in [-0.4, -0.2) is 22.6 Å². The number of aryl methyl sites for hydroxylation is 1. The van der Waals surface area contributed by atoms with Crippen LogP contribution in [0.4, 0.5) is 0 Å². The highest BCUT2D eigenvalue weighted by Gasteiger charge is 2.08. The van der Waals surface area contributed by atoms with Gasteiger partial charge in [-0.2, -0.15) is 0 Å². The fourth-order valence-electron chi connectivity index (χ4n) is 2.46. The standard InChI is InChI=1S/C17H27NO2/c1-2-3-4-5-6-7-8-11-15-12-9-10-13-16(15)17(14-19)18-20/h9-10,12-13,19-20H,2-8,11,14H2,1H3. The number of benzene rings is 1. The van der Waals surface area contributed by atoms with Gasteiger partial charge in [0.25, 0.3) is 0 Å². The summed E-state index contributed by atoms with van der Waals surface area (Å²) in [6.07, 6.45) is 9.96. The van der Waals surface area contributed by atoms with Gasteiger partial charge in [-0.15, -0.1) is 0 Å². The van der Waals surface area contributed by atoms with E-state index >= 15 is 0 Å². The fraction of sp³-hybridized carbons (Fsp3) is 0.588. The van der Waals surface area contributed by atoms with Crippen molar-refractivity contribution in [1.29, 1.82) is 0 Å². The molecule has 20 heavy (non-hydrogen) atoms. The quantitative estimate of drug-likeness (QED) is 0.292. The van der Waals surface area contributed by atoms with Gasteiger partial charge in [-0.25, -0.2) is 0 Å². The molecule has 0 aliphatic carbocycles. The van der Waals surface area contributed by atoms with Gasteiger partial charge in [-0.1, -0.05) is 74.9 Å². The maximum atomic E-state index is 9.21. The van der Waals surface area contributed by atoms with Gasteiger partial charge in [-0.05, 0) is 18.4 Å². The summed E-state index contributed by atoms with van der Waals surface area (Å²) in [6.45, 7) is 2.00. The second-order valence-corrected chi connectivity index (χ2v) is 5.23. The van der Waals surface area contributed by atoms with Gasteiger partial charge in [0, 0.05) is 5.56 Å². The SMILES string of the molecule is CCCCCCCCCc1ccccc1C(CO)=NO. The number of nitrogens with zero attached hydrogens (tertiary/aromatic N) is 1. The Labute approximate surface area is 122 Å². The summed E-state index contributed by atoms with van der Waals surface area (Å²) in [5, 5.41) is 21.3. The predicted octanol–water partition coefficient (Wildman–Crippen LogP) is 4.15. The number of rotatable bonds is 10. The van der Waals surface area contributed by atoms with Crippen LogP contribution in [0, 0.1) is 0 Å². The molecule has 1 aromatic carbocycles. The number of hydrogen-bond acceptors (Lipinski definition) is 3. The number of oxime groups is 1. The lowest BCUT2D eigenvalue weighted by atomic mass is 9.98. The average Bonchev–Trinajstić information content (AvgIpc) is 2.49. The lowest BCUT2D eigenvalue weighted by Crippen LogP contribution is -2.09. The van der Waals surface area contributed by atoms with Crippen molar-refractivity contribution in [2.75, 3.05) is 6.61 Å². The highest BCUT2D eigenvalue weighted by atomic mass is 16.4. The maximum absolute atomic E-state index is 9.21. The van der Waals surface area contributed by atoms with Gasteiger partial charge in [0.1, 0.15) is 5.71 Å². The van der Waals surface area contributed by atoms with Gasteiger partial charge < -0.3 is 10.3 Å². The van der Waals surface area contributed by atoms with Crippen LogP contribution in [0.2, 0.25) is 0 Å². The van der Waals surface area contributed by atoms with Crippen molar-refractivity contribution in [2.24, 2.45) is 5.16 Å². The van der Waals surface area contributed by atoms with Crippen LogP contribution >= 0.6 is 0 Å². The number of hydrogen-bond donors (Lipinski definition) is 2. The smallest absolute Gasteiger partial charge is 0.112 e. The molecule has 112 valence electrons. The molecule has 0 saturated heterocycles. The molecule has 3 nitrogen and oxygen atoms in total. The lowest BCUT2D eigenvalue weighted by molar-refractivity contribution is 0.303. The second-order valence-electron chi connectivity index (χ2n) is 5.23. The lowest BCUT2D eigenvalue weighted by Gasteiger charge is -2.09. The Kier molecular flexibility index (Phi) is 8.72. The summed E-state index contributed by atoms with van der Waals surface area (Å²) < 4.78 is 0. The van der Waals surface area contributed by atoms with Crippen molar-refractivity contribution < 1.29 is 10.3 Å². The second kappa shape index (κ2) is 10.4. The van der Waals surface area contributed by atoms with E-state index < -0.39 is 0 Å². The normalized spacial score (nSPS) is 11.8. The molecular formula is C17H27NO2. The number of aliphatic hydroxyl groups is 1. The molecule has 0 unspecified atom stereocenters. The first-order valence-electron chi connectivity index (χ1n) is 7.73. The minimum atomic E-state index is -0.232. The van der Waals surface area contributed by atoms with Crippen molar-refractivity contribution in [3.05, 3.63) is 35.4 Å². The summed E-state index contributed by atoms with van der Waals surface area (Å²) in [6, 6.07) is 7.85. The van der Waals surface area contributed by atoms with Gasteiger partial charge in [0.2, 0.25) is 0 Å². The summed E-state index contributed by atoms with van der Waals surface area (Å²) >= 11 is 0. The van der Waals surface area contributed by atoms with Crippen molar-refractivity contribution >= 4 is 5.71 Å². The molecule has 0 amide bonds. The highest BCUT2D eigenvalue weighted by molar-refractivity contribution is 6.02. The highest BCUT2D eigenvalue weighted by Crippen LogP contribution is 2.15. The predicted molar refractivity (Wildman–Crippen MR) is 83.5 cm³/mol. The van der Waals surface area contributed by atoms with Crippen molar-refractivity contribution in [3.8, 4) is 0 Å². The third-order valence-corrected chi connectivity index (χ3v) is 3.65. The molecule has 0 fully saturated rings. The van der Waals surface area contributed by atoms with Gasteiger partial charge >= 0.3 is 0 Å². The molecule has 0 saturated carbocycles. The van der Waals surface area contributed by atoms with E-state index in [1.54, 1.807) is 0 Å². The fourth-order valence-corrected chi connectivity index (χ4v) is 2.46. The topological polar surface area (TPSA) is 52.8 Å². The van der Waals surface area contributed by atoms with E-state index in [-0.39, 0.29) is 6.61 Å². The summed E-state index contributed by atoms with van der Waals surface area (Å²) in [5.74, 6) is 0. The first-order chi connectivity index (χ1) is 9.83. The first-order valence-corrected chi connectivity index (χ1v) is 7.73. The maximum Gasteiger partial charge on any atom is 0.112 e. The van der Waals surface area contributed by atoms with E-state index in [4.69, 9.17) is 5.21 Å². The molecule has 1 aromatic rings.